The molecule has 118 valence electrons. The summed E-state index contributed by atoms with van der Waals surface area (Å²) in [6, 6.07) is 1.75. The van der Waals surface area contributed by atoms with Crippen LogP contribution in [0.3, 0.4) is 0 Å². The third-order valence-corrected chi connectivity index (χ3v) is 4.12. The highest BCUT2D eigenvalue weighted by molar-refractivity contribution is 9.10. The molecule has 5 heteroatoms. The van der Waals surface area contributed by atoms with E-state index in [0.717, 1.165) is 56.1 Å². The van der Waals surface area contributed by atoms with Gasteiger partial charge in [-0.15, -0.1) is 0 Å². The van der Waals surface area contributed by atoms with Gasteiger partial charge in [0.2, 0.25) is 0 Å². The first-order valence-electron chi connectivity index (χ1n) is 7.70. The van der Waals surface area contributed by atoms with Gasteiger partial charge in [-0.2, -0.15) is 0 Å². The van der Waals surface area contributed by atoms with Crippen LogP contribution in [-0.4, -0.2) is 28.9 Å². The number of unbranched alkanes of at least 4 members (excludes halogenated alkanes) is 4. The van der Waals surface area contributed by atoms with E-state index in [1.807, 2.05) is 4.90 Å². The lowest BCUT2D eigenvalue weighted by atomic mass is 10.2. The fourth-order valence-corrected chi connectivity index (χ4v) is 2.68. The highest BCUT2D eigenvalue weighted by Crippen LogP contribution is 2.20. The van der Waals surface area contributed by atoms with Gasteiger partial charge in [0.1, 0.15) is 5.15 Å². The van der Waals surface area contributed by atoms with Crippen LogP contribution in [0.2, 0.25) is 5.15 Å². The van der Waals surface area contributed by atoms with Crippen LogP contribution in [0.15, 0.2) is 16.7 Å². The summed E-state index contributed by atoms with van der Waals surface area (Å²) in [5, 5.41) is 0.277. The number of hydrogen-bond acceptors (Lipinski definition) is 2. The number of nitrogens with zero attached hydrogens (tertiary/aromatic N) is 2. The molecule has 0 aromatic carbocycles. The molecule has 3 nitrogen and oxygen atoms in total. The Kier molecular flexibility index (Phi) is 8.93. The van der Waals surface area contributed by atoms with E-state index < -0.39 is 0 Å². The van der Waals surface area contributed by atoms with Crippen LogP contribution in [-0.2, 0) is 0 Å². The summed E-state index contributed by atoms with van der Waals surface area (Å²) in [7, 11) is 0. The van der Waals surface area contributed by atoms with Crippen molar-refractivity contribution in [1.29, 1.82) is 0 Å². The van der Waals surface area contributed by atoms with E-state index in [1.165, 1.54) is 0 Å². The number of hydrogen-bond donors (Lipinski definition) is 0. The van der Waals surface area contributed by atoms with Gasteiger partial charge in [-0.1, -0.05) is 51.1 Å². The van der Waals surface area contributed by atoms with Gasteiger partial charge >= 0.3 is 0 Å². The number of carbonyl (C=O) groups excluding carboxylic acids is 1. The fraction of sp³-hybridized carbons (Fsp3) is 0.625. The van der Waals surface area contributed by atoms with Gasteiger partial charge in [0.05, 0.1) is 5.56 Å². The Hall–Kier alpha value is -0.610. The molecule has 0 aliphatic carbocycles. The standard InChI is InChI=1S/C16H24BrClN2O/c1-3-5-7-9-20(10-8-6-4-2)16(21)14-11-13(17)12-19-15(14)18/h11-12H,3-10H2,1-2H3. The van der Waals surface area contributed by atoms with Crippen molar-refractivity contribution in [2.24, 2.45) is 0 Å². The van der Waals surface area contributed by atoms with Gasteiger partial charge < -0.3 is 4.90 Å². The third kappa shape index (κ3) is 6.35. The lowest BCUT2D eigenvalue weighted by Crippen LogP contribution is -2.33. The molecule has 1 aromatic rings. The van der Waals surface area contributed by atoms with Crippen LogP contribution in [0.25, 0.3) is 0 Å². The van der Waals surface area contributed by atoms with Crippen molar-refractivity contribution in [3.63, 3.8) is 0 Å². The van der Waals surface area contributed by atoms with Crippen LogP contribution in [0.4, 0.5) is 0 Å². The topological polar surface area (TPSA) is 33.2 Å². The molecule has 0 radical (unpaired) electrons. The second-order valence-corrected chi connectivity index (χ2v) is 6.47. The predicted molar refractivity (Wildman–Crippen MR) is 91.9 cm³/mol. The summed E-state index contributed by atoms with van der Waals surface area (Å²) in [4.78, 5) is 18.7. The van der Waals surface area contributed by atoms with Crippen molar-refractivity contribution >= 4 is 33.4 Å². The van der Waals surface area contributed by atoms with E-state index in [9.17, 15) is 4.79 Å². The molecule has 0 bridgehead atoms. The Morgan fingerprint density at radius 2 is 1.76 bits per heavy atom. The van der Waals surface area contributed by atoms with Crippen molar-refractivity contribution in [1.82, 2.24) is 9.88 Å². The van der Waals surface area contributed by atoms with Gasteiger partial charge in [-0.25, -0.2) is 4.98 Å². The zero-order chi connectivity index (χ0) is 15.7. The van der Waals surface area contributed by atoms with Crippen molar-refractivity contribution in [2.45, 2.75) is 52.4 Å². The average Bonchev–Trinajstić information content (AvgIpc) is 2.48. The Labute approximate surface area is 141 Å². The number of carbonyl (C=O) groups is 1. The molecule has 0 N–H and O–H groups in total. The average molecular weight is 376 g/mol. The second-order valence-electron chi connectivity index (χ2n) is 5.20. The SMILES string of the molecule is CCCCCN(CCCCC)C(=O)c1cc(Br)cnc1Cl. The normalized spacial score (nSPS) is 10.7. The zero-order valence-corrected chi connectivity index (χ0v) is 15.2. The van der Waals surface area contributed by atoms with Gasteiger partial charge in [-0.3, -0.25) is 4.79 Å². The quantitative estimate of drug-likeness (QED) is 0.432. The Morgan fingerprint density at radius 3 is 2.29 bits per heavy atom. The largest absolute Gasteiger partial charge is 0.339 e. The number of amides is 1. The van der Waals surface area contributed by atoms with E-state index >= 15 is 0 Å². The van der Waals surface area contributed by atoms with E-state index in [0.29, 0.717) is 5.56 Å². The fourth-order valence-electron chi connectivity index (χ4n) is 2.16. The molecular formula is C16H24BrClN2O. The summed E-state index contributed by atoms with van der Waals surface area (Å²) < 4.78 is 0.775. The lowest BCUT2D eigenvalue weighted by molar-refractivity contribution is 0.0749. The van der Waals surface area contributed by atoms with E-state index in [-0.39, 0.29) is 11.1 Å². The molecule has 0 unspecified atom stereocenters. The summed E-state index contributed by atoms with van der Waals surface area (Å²) in [6.45, 7) is 5.91. The maximum Gasteiger partial charge on any atom is 0.257 e. The first kappa shape index (κ1) is 18.4. The summed E-state index contributed by atoms with van der Waals surface area (Å²) in [6.07, 6.45) is 8.26. The molecule has 0 aliphatic rings. The third-order valence-electron chi connectivity index (χ3n) is 3.39. The summed E-state index contributed by atoms with van der Waals surface area (Å²) in [5.74, 6) is -0.0130. The van der Waals surface area contributed by atoms with Crippen LogP contribution in [0.5, 0.6) is 0 Å². The summed E-state index contributed by atoms with van der Waals surface area (Å²) in [5.41, 5.74) is 0.485. The monoisotopic (exact) mass is 374 g/mol. The van der Waals surface area contributed by atoms with Crippen molar-refractivity contribution in [2.75, 3.05) is 13.1 Å². The van der Waals surface area contributed by atoms with Crippen LogP contribution in [0.1, 0.15) is 62.7 Å². The molecule has 0 spiro atoms. The second kappa shape index (κ2) is 10.2. The maximum absolute atomic E-state index is 12.7. The van der Waals surface area contributed by atoms with Gasteiger partial charge in [0.15, 0.2) is 0 Å². The lowest BCUT2D eigenvalue weighted by Gasteiger charge is -2.23. The van der Waals surface area contributed by atoms with E-state index in [4.69, 9.17) is 11.6 Å². The van der Waals surface area contributed by atoms with Crippen LogP contribution >= 0.6 is 27.5 Å². The molecule has 1 rings (SSSR count). The first-order chi connectivity index (χ1) is 10.1. The minimum atomic E-state index is -0.0130. The number of pyridine rings is 1. The van der Waals surface area contributed by atoms with Gasteiger partial charge in [-0.05, 0) is 34.8 Å². The number of rotatable bonds is 9. The van der Waals surface area contributed by atoms with Crippen molar-refractivity contribution in [3.05, 3.63) is 27.5 Å². The van der Waals surface area contributed by atoms with E-state index in [2.05, 4.69) is 34.8 Å². The smallest absolute Gasteiger partial charge is 0.257 e. The van der Waals surface area contributed by atoms with Gasteiger partial charge in [0.25, 0.3) is 5.91 Å². The predicted octanol–water partition coefficient (Wildman–Crippen LogP) is 5.32. The Morgan fingerprint density at radius 1 is 1.19 bits per heavy atom. The number of aromatic nitrogens is 1. The summed E-state index contributed by atoms with van der Waals surface area (Å²) >= 11 is 9.43. The highest BCUT2D eigenvalue weighted by Gasteiger charge is 2.19. The van der Waals surface area contributed by atoms with Crippen LogP contribution < -0.4 is 0 Å². The maximum atomic E-state index is 12.7. The first-order valence-corrected chi connectivity index (χ1v) is 8.87. The van der Waals surface area contributed by atoms with Crippen molar-refractivity contribution in [3.8, 4) is 0 Å². The molecule has 1 heterocycles. The van der Waals surface area contributed by atoms with Crippen molar-refractivity contribution < 1.29 is 4.79 Å². The van der Waals surface area contributed by atoms with Gasteiger partial charge in [0, 0.05) is 23.8 Å². The van der Waals surface area contributed by atoms with E-state index in [1.54, 1.807) is 12.3 Å². The molecule has 1 amide bonds. The molecule has 0 saturated heterocycles. The highest BCUT2D eigenvalue weighted by atomic mass is 79.9. The molecule has 21 heavy (non-hydrogen) atoms. The molecule has 0 fully saturated rings. The molecular weight excluding hydrogens is 352 g/mol. The Bertz CT molecular complexity index is 444. The minimum Gasteiger partial charge on any atom is -0.339 e. The Balaban J connectivity index is 2.79. The molecule has 0 atom stereocenters. The molecule has 0 aliphatic heterocycles. The zero-order valence-electron chi connectivity index (χ0n) is 12.9. The van der Waals surface area contributed by atoms with Crippen LogP contribution in [0, 0.1) is 0 Å². The minimum absolute atomic E-state index is 0.0130. The molecule has 1 aromatic heterocycles. The molecule has 0 saturated carbocycles. The number of halogens is 2.